The molecule has 0 spiro atoms. The van der Waals surface area contributed by atoms with Gasteiger partial charge in [0, 0.05) is 5.92 Å². The lowest BCUT2D eigenvalue weighted by Crippen LogP contribution is -2.33. The highest BCUT2D eigenvalue weighted by atomic mass is 16.4. The molecule has 3 rings (SSSR count). The molecule has 0 heterocycles. The van der Waals surface area contributed by atoms with E-state index in [2.05, 4.69) is 0 Å². The number of aryl methyl sites for hydroxylation is 1. The van der Waals surface area contributed by atoms with Crippen LogP contribution in [0.4, 0.5) is 0 Å². The van der Waals surface area contributed by atoms with Crippen molar-refractivity contribution in [3.63, 3.8) is 0 Å². The number of carbonyl (C=O) groups is 1. The lowest BCUT2D eigenvalue weighted by atomic mass is 9.65. The van der Waals surface area contributed by atoms with Crippen LogP contribution >= 0.6 is 0 Å². The smallest absolute Gasteiger partial charge is 0.307 e. The Kier molecular flexibility index (Phi) is 3.68. The first kappa shape index (κ1) is 13.5. The molecule has 3 heteroatoms. The zero-order valence-corrected chi connectivity index (χ0v) is 11.7. The van der Waals surface area contributed by atoms with E-state index in [4.69, 9.17) is 0 Å². The molecule has 0 saturated heterocycles. The van der Waals surface area contributed by atoms with Crippen LogP contribution in [0.2, 0.25) is 0 Å². The average Bonchev–Trinajstić information content (AvgIpc) is 2.46. The van der Waals surface area contributed by atoms with Crippen molar-refractivity contribution in [3.8, 4) is 5.75 Å². The van der Waals surface area contributed by atoms with Gasteiger partial charge in [-0.15, -0.1) is 0 Å². The molecular weight excluding hydrogens is 252 g/mol. The van der Waals surface area contributed by atoms with Crippen LogP contribution in [0, 0.1) is 11.8 Å². The van der Waals surface area contributed by atoms with Gasteiger partial charge >= 0.3 is 5.97 Å². The predicted octanol–water partition coefficient (Wildman–Crippen LogP) is 3.70. The fourth-order valence-corrected chi connectivity index (χ4v) is 4.18. The van der Waals surface area contributed by atoms with E-state index in [9.17, 15) is 15.0 Å². The lowest BCUT2D eigenvalue weighted by Gasteiger charge is -2.38. The third-order valence-electron chi connectivity index (χ3n) is 5.12. The van der Waals surface area contributed by atoms with E-state index in [1.807, 2.05) is 12.1 Å². The van der Waals surface area contributed by atoms with E-state index in [1.54, 1.807) is 6.07 Å². The third-order valence-corrected chi connectivity index (χ3v) is 5.12. The van der Waals surface area contributed by atoms with E-state index < -0.39 is 5.97 Å². The number of aromatic hydroxyl groups is 1. The van der Waals surface area contributed by atoms with Gasteiger partial charge in [-0.25, -0.2) is 0 Å². The highest BCUT2D eigenvalue weighted by molar-refractivity contribution is 5.72. The minimum atomic E-state index is -0.672. The molecular formula is C17H22O3. The number of carboxylic acid groups (broad SMARTS) is 1. The second-order valence-corrected chi connectivity index (χ2v) is 6.29. The molecule has 1 fully saturated rings. The molecule has 0 aliphatic heterocycles. The first-order valence-electron chi connectivity index (χ1n) is 7.71. The maximum Gasteiger partial charge on any atom is 0.307 e. The Balaban J connectivity index is 2.00. The SMILES string of the molecule is O=C(O)C1CCc2ccc(O)cc2C1C1CCCCC1. The van der Waals surface area contributed by atoms with Gasteiger partial charge in [-0.2, -0.15) is 0 Å². The molecule has 2 unspecified atom stereocenters. The molecule has 0 bridgehead atoms. The van der Waals surface area contributed by atoms with Gasteiger partial charge in [0.15, 0.2) is 0 Å². The molecule has 20 heavy (non-hydrogen) atoms. The number of aliphatic carboxylic acids is 1. The van der Waals surface area contributed by atoms with Crippen LogP contribution in [0.15, 0.2) is 18.2 Å². The molecule has 2 aliphatic rings. The standard InChI is InChI=1S/C17H22O3/c18-13-8-6-11-7-9-14(17(19)20)16(15(11)10-13)12-4-2-1-3-5-12/h6,8,10,12,14,16,18H,1-5,7,9H2,(H,19,20). The molecule has 2 N–H and O–H groups in total. The summed E-state index contributed by atoms with van der Waals surface area (Å²) in [7, 11) is 0. The van der Waals surface area contributed by atoms with Gasteiger partial charge in [0.05, 0.1) is 5.92 Å². The molecule has 2 atom stereocenters. The average molecular weight is 274 g/mol. The summed E-state index contributed by atoms with van der Waals surface area (Å²) in [6.45, 7) is 0. The number of phenolic OH excluding ortho intramolecular Hbond substituents is 1. The van der Waals surface area contributed by atoms with Crippen molar-refractivity contribution in [2.75, 3.05) is 0 Å². The van der Waals surface area contributed by atoms with Crippen molar-refractivity contribution in [2.45, 2.75) is 50.9 Å². The highest BCUT2D eigenvalue weighted by Crippen LogP contribution is 2.47. The Morgan fingerprint density at radius 3 is 2.55 bits per heavy atom. The van der Waals surface area contributed by atoms with Crippen LogP contribution in [0.25, 0.3) is 0 Å². The molecule has 0 aromatic heterocycles. The Bertz CT molecular complexity index is 503. The number of hydrogen-bond acceptors (Lipinski definition) is 2. The van der Waals surface area contributed by atoms with Crippen molar-refractivity contribution < 1.29 is 15.0 Å². The zero-order valence-electron chi connectivity index (χ0n) is 11.7. The van der Waals surface area contributed by atoms with E-state index in [0.29, 0.717) is 5.92 Å². The summed E-state index contributed by atoms with van der Waals surface area (Å²) < 4.78 is 0. The van der Waals surface area contributed by atoms with Crippen molar-refractivity contribution in [1.29, 1.82) is 0 Å². The third kappa shape index (κ3) is 2.41. The Morgan fingerprint density at radius 2 is 1.85 bits per heavy atom. The zero-order chi connectivity index (χ0) is 14.1. The summed E-state index contributed by atoms with van der Waals surface area (Å²) in [6, 6.07) is 5.50. The molecule has 0 radical (unpaired) electrons. The van der Waals surface area contributed by atoms with Crippen molar-refractivity contribution in [3.05, 3.63) is 29.3 Å². The lowest BCUT2D eigenvalue weighted by molar-refractivity contribution is -0.143. The minimum Gasteiger partial charge on any atom is -0.508 e. The van der Waals surface area contributed by atoms with E-state index in [0.717, 1.165) is 31.2 Å². The fourth-order valence-electron chi connectivity index (χ4n) is 4.18. The number of hydrogen-bond donors (Lipinski definition) is 2. The van der Waals surface area contributed by atoms with E-state index in [-0.39, 0.29) is 17.6 Å². The van der Waals surface area contributed by atoms with E-state index in [1.165, 1.54) is 24.8 Å². The van der Waals surface area contributed by atoms with Crippen molar-refractivity contribution in [1.82, 2.24) is 0 Å². The molecule has 1 saturated carbocycles. The van der Waals surface area contributed by atoms with Crippen LogP contribution < -0.4 is 0 Å². The van der Waals surface area contributed by atoms with Crippen LogP contribution in [0.1, 0.15) is 55.6 Å². The second-order valence-electron chi connectivity index (χ2n) is 6.29. The van der Waals surface area contributed by atoms with E-state index >= 15 is 0 Å². The van der Waals surface area contributed by atoms with Gasteiger partial charge in [0.1, 0.15) is 5.75 Å². The number of carboxylic acids is 1. The van der Waals surface area contributed by atoms with Crippen LogP contribution in [0.3, 0.4) is 0 Å². The number of benzene rings is 1. The molecule has 108 valence electrons. The summed E-state index contributed by atoms with van der Waals surface area (Å²) in [5.41, 5.74) is 2.33. The number of rotatable bonds is 2. The number of phenols is 1. The predicted molar refractivity (Wildman–Crippen MR) is 76.9 cm³/mol. The summed E-state index contributed by atoms with van der Waals surface area (Å²) in [5.74, 6) is -0.146. The minimum absolute atomic E-state index is 0.0867. The quantitative estimate of drug-likeness (QED) is 0.864. The van der Waals surface area contributed by atoms with Crippen molar-refractivity contribution in [2.24, 2.45) is 11.8 Å². The Hall–Kier alpha value is -1.51. The Morgan fingerprint density at radius 1 is 1.10 bits per heavy atom. The summed E-state index contributed by atoms with van der Waals surface area (Å²) in [6.07, 6.45) is 7.49. The summed E-state index contributed by atoms with van der Waals surface area (Å²) >= 11 is 0. The second kappa shape index (κ2) is 5.47. The first-order valence-corrected chi connectivity index (χ1v) is 7.71. The number of fused-ring (bicyclic) bond motifs is 1. The highest BCUT2D eigenvalue weighted by Gasteiger charge is 2.39. The monoisotopic (exact) mass is 274 g/mol. The molecule has 1 aromatic rings. The van der Waals surface area contributed by atoms with Crippen LogP contribution in [-0.2, 0) is 11.2 Å². The van der Waals surface area contributed by atoms with Gasteiger partial charge in [-0.1, -0.05) is 25.3 Å². The molecule has 3 nitrogen and oxygen atoms in total. The van der Waals surface area contributed by atoms with Crippen LogP contribution in [-0.4, -0.2) is 16.2 Å². The molecule has 1 aromatic carbocycles. The van der Waals surface area contributed by atoms with Gasteiger partial charge < -0.3 is 10.2 Å². The topological polar surface area (TPSA) is 57.5 Å². The normalized spacial score (nSPS) is 27.0. The molecule has 2 aliphatic carbocycles. The van der Waals surface area contributed by atoms with Gasteiger partial charge in [0.2, 0.25) is 0 Å². The van der Waals surface area contributed by atoms with Crippen molar-refractivity contribution >= 4 is 5.97 Å². The van der Waals surface area contributed by atoms with Gasteiger partial charge in [-0.3, -0.25) is 4.79 Å². The first-order chi connectivity index (χ1) is 9.66. The summed E-state index contributed by atoms with van der Waals surface area (Å²) in [4.78, 5) is 11.6. The maximum atomic E-state index is 11.6. The summed E-state index contributed by atoms with van der Waals surface area (Å²) in [5, 5.41) is 19.4. The maximum absolute atomic E-state index is 11.6. The van der Waals surface area contributed by atoms with Gasteiger partial charge in [0.25, 0.3) is 0 Å². The largest absolute Gasteiger partial charge is 0.508 e. The fraction of sp³-hybridized carbons (Fsp3) is 0.588. The van der Waals surface area contributed by atoms with Gasteiger partial charge in [-0.05, 0) is 54.9 Å². The molecule has 0 amide bonds. The van der Waals surface area contributed by atoms with Crippen LogP contribution in [0.5, 0.6) is 5.75 Å². The Labute approximate surface area is 119 Å².